The van der Waals surface area contributed by atoms with Crippen molar-refractivity contribution < 1.29 is 42.8 Å². The monoisotopic (exact) mass is 552 g/mol. The molecular formula is C25H48N2O9S. The summed E-state index contributed by atoms with van der Waals surface area (Å²) in [7, 11) is 0. The van der Waals surface area contributed by atoms with Crippen molar-refractivity contribution in [1.82, 2.24) is 10.2 Å². The Morgan fingerprint density at radius 1 is 0.838 bits per heavy atom. The third-order valence-electron chi connectivity index (χ3n) is 5.02. The summed E-state index contributed by atoms with van der Waals surface area (Å²) in [5.41, 5.74) is 0. The number of amides is 2. The van der Waals surface area contributed by atoms with Crippen LogP contribution in [0.2, 0.25) is 0 Å². The van der Waals surface area contributed by atoms with E-state index in [1.54, 1.807) is 4.90 Å². The number of hydrogen-bond donors (Lipinski definition) is 1. The van der Waals surface area contributed by atoms with Crippen molar-refractivity contribution in [3.05, 3.63) is 0 Å². The molecule has 11 nitrogen and oxygen atoms in total. The number of likely N-dealkylation sites (tertiary alicyclic amines) is 1. The number of nitrogens with one attached hydrogen (secondary N) is 1. The van der Waals surface area contributed by atoms with Crippen LogP contribution in [0.25, 0.3) is 0 Å². The highest BCUT2D eigenvalue weighted by molar-refractivity contribution is 7.99. The summed E-state index contributed by atoms with van der Waals surface area (Å²) in [6, 6.07) is 0. The van der Waals surface area contributed by atoms with E-state index in [2.05, 4.69) is 11.6 Å². The molecule has 1 aliphatic rings. The van der Waals surface area contributed by atoms with E-state index in [9.17, 15) is 9.59 Å². The number of nitrogens with zero attached hydrogens (tertiary/aromatic N) is 1. The molecule has 0 radical (unpaired) electrons. The number of carbonyl (C=O) groups is 3. The van der Waals surface area contributed by atoms with Crippen LogP contribution in [-0.4, -0.2) is 127 Å². The first kappa shape index (κ1) is 35.6. The smallest absolute Gasteiger partial charge is 0.409 e. The van der Waals surface area contributed by atoms with E-state index in [-0.39, 0.29) is 18.6 Å². The van der Waals surface area contributed by atoms with Gasteiger partial charge in [0.2, 0.25) is 5.91 Å². The van der Waals surface area contributed by atoms with Gasteiger partial charge in [-0.1, -0.05) is 6.92 Å². The average Bonchev–Trinajstić information content (AvgIpc) is 2.90. The summed E-state index contributed by atoms with van der Waals surface area (Å²) in [6.45, 7) is 10.4. The molecule has 0 spiro atoms. The quantitative estimate of drug-likeness (QED) is 0.167. The largest absolute Gasteiger partial charge is 0.447 e. The van der Waals surface area contributed by atoms with Crippen molar-refractivity contribution in [3.8, 4) is 0 Å². The van der Waals surface area contributed by atoms with Crippen LogP contribution >= 0.6 is 11.8 Å². The second kappa shape index (κ2) is 27.6. The van der Waals surface area contributed by atoms with Gasteiger partial charge >= 0.3 is 6.09 Å². The second-order valence-corrected chi connectivity index (χ2v) is 9.07. The molecule has 0 saturated carbocycles. The molecule has 1 aliphatic heterocycles. The van der Waals surface area contributed by atoms with Crippen molar-refractivity contribution in [3.63, 3.8) is 0 Å². The maximum Gasteiger partial charge on any atom is 0.409 e. The summed E-state index contributed by atoms with van der Waals surface area (Å²) < 4.78 is 32.3. The molecule has 1 heterocycles. The Kier molecular flexibility index (Phi) is 26.5. The van der Waals surface area contributed by atoms with Crippen molar-refractivity contribution >= 4 is 30.0 Å². The second-order valence-electron chi connectivity index (χ2n) is 7.93. The molecule has 2 amide bonds. The van der Waals surface area contributed by atoms with Crippen molar-refractivity contribution in [2.75, 3.05) is 98.6 Å². The normalized spacial score (nSPS) is 13.5. The summed E-state index contributed by atoms with van der Waals surface area (Å²) in [6.07, 6.45) is 6.07. The number of aldehydes is 1. The highest BCUT2D eigenvalue weighted by Crippen LogP contribution is 2.21. The molecule has 1 N–H and O–H groups in total. The van der Waals surface area contributed by atoms with Crippen LogP contribution in [0.3, 0.4) is 0 Å². The summed E-state index contributed by atoms with van der Waals surface area (Å²) in [5.74, 6) is 0.0615. The van der Waals surface area contributed by atoms with Crippen LogP contribution in [0.15, 0.2) is 0 Å². The zero-order valence-electron chi connectivity index (χ0n) is 22.9. The van der Waals surface area contributed by atoms with Gasteiger partial charge in [0.25, 0.3) is 0 Å². The lowest BCUT2D eigenvalue weighted by atomic mass is 10.1. The Balaban J connectivity index is 0.00000410. The fourth-order valence-electron chi connectivity index (χ4n) is 3.11. The van der Waals surface area contributed by atoms with Crippen LogP contribution in [0.4, 0.5) is 4.79 Å². The lowest BCUT2D eigenvalue weighted by Gasteiger charge is -2.30. The molecule has 37 heavy (non-hydrogen) atoms. The fraction of sp³-hybridized carbons (Fsp3) is 0.880. The SMILES string of the molecule is CC=O.CCCC(=O)NCCOCCOCCOCCOCCOCCOC(=O)N1CCC(SC)CC1. The minimum atomic E-state index is -0.249. The van der Waals surface area contributed by atoms with Gasteiger partial charge in [-0.25, -0.2) is 4.79 Å². The van der Waals surface area contributed by atoms with E-state index in [0.29, 0.717) is 84.3 Å². The van der Waals surface area contributed by atoms with Gasteiger partial charge in [-0.15, -0.1) is 0 Å². The van der Waals surface area contributed by atoms with Crippen molar-refractivity contribution in [1.29, 1.82) is 0 Å². The molecule has 12 heteroatoms. The third-order valence-corrected chi connectivity index (χ3v) is 6.16. The fourth-order valence-corrected chi connectivity index (χ4v) is 3.80. The first-order valence-electron chi connectivity index (χ1n) is 13.1. The van der Waals surface area contributed by atoms with Gasteiger partial charge in [0.05, 0.1) is 66.1 Å². The van der Waals surface area contributed by atoms with Gasteiger partial charge in [-0.2, -0.15) is 11.8 Å². The number of piperidine rings is 1. The number of thioether (sulfide) groups is 1. The predicted octanol–water partition coefficient (Wildman–Crippen LogP) is 2.15. The molecule has 0 aliphatic carbocycles. The Hall–Kier alpha value is -1.44. The van der Waals surface area contributed by atoms with Gasteiger partial charge < -0.3 is 43.4 Å². The van der Waals surface area contributed by atoms with Crippen LogP contribution < -0.4 is 5.32 Å². The standard InChI is InChI=1S/C23H44N2O8S.C2H4O/c1-3-4-22(26)24-7-10-28-11-12-29-13-14-30-15-16-31-17-18-32-19-20-33-23(27)25-8-5-21(34-2)6-9-25;1-2-3/h21H,3-20H2,1-2H3,(H,24,26);2H,1H3. The highest BCUT2D eigenvalue weighted by Gasteiger charge is 2.22. The number of rotatable bonds is 21. The molecule has 218 valence electrons. The minimum absolute atomic E-state index is 0.0615. The summed E-state index contributed by atoms with van der Waals surface area (Å²) in [4.78, 5) is 33.8. The van der Waals surface area contributed by atoms with Crippen LogP contribution in [0.1, 0.15) is 39.5 Å². The van der Waals surface area contributed by atoms with E-state index in [0.717, 1.165) is 38.6 Å². The van der Waals surface area contributed by atoms with Crippen molar-refractivity contribution in [2.45, 2.75) is 44.8 Å². The maximum atomic E-state index is 12.0. The molecular weight excluding hydrogens is 504 g/mol. The van der Waals surface area contributed by atoms with Crippen LogP contribution in [0.5, 0.6) is 0 Å². The average molecular weight is 553 g/mol. The molecule has 1 saturated heterocycles. The molecule has 0 bridgehead atoms. The Morgan fingerprint density at radius 2 is 1.27 bits per heavy atom. The summed E-state index contributed by atoms with van der Waals surface area (Å²) >= 11 is 1.87. The molecule has 0 atom stereocenters. The summed E-state index contributed by atoms with van der Waals surface area (Å²) in [5, 5.41) is 3.44. The van der Waals surface area contributed by atoms with Gasteiger partial charge in [0.1, 0.15) is 12.9 Å². The lowest BCUT2D eigenvalue weighted by Crippen LogP contribution is -2.39. The predicted molar refractivity (Wildman–Crippen MR) is 143 cm³/mol. The van der Waals surface area contributed by atoms with E-state index in [4.69, 9.17) is 33.2 Å². The number of hydrogen-bond acceptors (Lipinski definition) is 10. The molecule has 0 unspecified atom stereocenters. The Labute approximate surface area is 226 Å². The first-order valence-corrected chi connectivity index (χ1v) is 14.4. The molecule has 0 aromatic rings. The lowest BCUT2D eigenvalue weighted by molar-refractivity contribution is -0.121. The number of ether oxygens (including phenoxy) is 6. The molecule has 0 aromatic heterocycles. The van der Waals surface area contributed by atoms with Gasteiger partial charge in [-0.05, 0) is 32.4 Å². The molecule has 1 fully saturated rings. The zero-order valence-corrected chi connectivity index (χ0v) is 23.7. The van der Waals surface area contributed by atoms with Gasteiger partial charge in [0.15, 0.2) is 0 Å². The Morgan fingerprint density at radius 3 is 1.70 bits per heavy atom. The van der Waals surface area contributed by atoms with Crippen LogP contribution in [-0.2, 0) is 38.0 Å². The van der Waals surface area contributed by atoms with E-state index >= 15 is 0 Å². The van der Waals surface area contributed by atoms with Crippen molar-refractivity contribution in [2.24, 2.45) is 0 Å². The topological polar surface area (TPSA) is 122 Å². The van der Waals surface area contributed by atoms with E-state index in [1.807, 2.05) is 18.7 Å². The van der Waals surface area contributed by atoms with Gasteiger partial charge in [-0.3, -0.25) is 4.79 Å². The zero-order chi connectivity index (χ0) is 27.4. The minimum Gasteiger partial charge on any atom is -0.447 e. The molecule has 0 aromatic carbocycles. The van der Waals surface area contributed by atoms with Gasteiger partial charge in [0, 0.05) is 31.3 Å². The first-order chi connectivity index (χ1) is 18.1. The highest BCUT2D eigenvalue weighted by atomic mass is 32.2. The maximum absolute atomic E-state index is 12.0. The molecule has 1 rings (SSSR count). The Bertz CT molecular complexity index is 550. The van der Waals surface area contributed by atoms with E-state index in [1.165, 1.54) is 6.92 Å². The van der Waals surface area contributed by atoms with Crippen LogP contribution in [0, 0.1) is 0 Å². The van der Waals surface area contributed by atoms with E-state index < -0.39 is 0 Å². The number of carbonyl (C=O) groups excluding carboxylic acids is 3. The third kappa shape index (κ3) is 23.4.